The summed E-state index contributed by atoms with van der Waals surface area (Å²) in [6.07, 6.45) is 1.32. The summed E-state index contributed by atoms with van der Waals surface area (Å²) in [6.45, 7) is 17.8. The van der Waals surface area contributed by atoms with Crippen molar-refractivity contribution in [3.05, 3.63) is 99.3 Å². The molecule has 0 radical (unpaired) electrons. The number of hydrogen-bond donors (Lipinski definition) is 0. The van der Waals surface area contributed by atoms with Crippen LogP contribution in [0.2, 0.25) is 10.0 Å². The standard InChI is InChI=1S/C55H64Cl2FN7O9S/c1-33-44-34(2)48(57)49(47(33)56)72-41(28-64-18-16-63(6)17-19-64)31-70-40-12-13-42(71-30-39-14-15-59-54(62-39)65-26-35(27-65)29-69-23-22-68-21-20-67-7)37(24-40)25-43(53(66)74-55(3,4)5)73-51-46-45(44)50(75-52(46)61-32-60-51)36-8-10-38(58)11-9-36/h8-15,24,32,35,41,43H,16-23,25-31H2,1-7H3/t41-,43-/m1/s1. The first-order chi connectivity index (χ1) is 36.1. The summed E-state index contributed by atoms with van der Waals surface area (Å²) in [7, 11) is 3.76. The smallest absolute Gasteiger partial charge is 0.348 e. The van der Waals surface area contributed by atoms with Gasteiger partial charge in [-0.2, -0.15) is 0 Å². The maximum absolute atomic E-state index is 14.6. The zero-order chi connectivity index (χ0) is 52.8. The molecule has 20 heteroatoms. The Hall–Kier alpha value is -5.44. The average Bonchev–Trinajstić information content (AvgIpc) is 3.78. The van der Waals surface area contributed by atoms with Gasteiger partial charge in [0.2, 0.25) is 17.9 Å². The van der Waals surface area contributed by atoms with Crippen LogP contribution in [-0.4, -0.2) is 153 Å². The van der Waals surface area contributed by atoms with Crippen molar-refractivity contribution in [2.24, 2.45) is 5.92 Å². The first kappa shape index (κ1) is 54.4. The van der Waals surface area contributed by atoms with Gasteiger partial charge < -0.3 is 47.7 Å². The van der Waals surface area contributed by atoms with Gasteiger partial charge in [-0.3, -0.25) is 4.90 Å². The van der Waals surface area contributed by atoms with E-state index < -0.39 is 23.8 Å². The van der Waals surface area contributed by atoms with Crippen molar-refractivity contribution in [1.29, 1.82) is 0 Å². The van der Waals surface area contributed by atoms with Gasteiger partial charge in [-0.15, -0.1) is 11.3 Å². The molecule has 2 saturated heterocycles. The molecule has 4 aliphatic rings. The molecule has 10 rings (SSSR count). The van der Waals surface area contributed by atoms with Crippen molar-refractivity contribution in [1.82, 2.24) is 29.7 Å². The summed E-state index contributed by atoms with van der Waals surface area (Å²) in [4.78, 5) is 41.5. The normalized spacial score (nSPS) is 17.8. The first-order valence-corrected chi connectivity index (χ1v) is 26.8. The van der Waals surface area contributed by atoms with Crippen LogP contribution in [0.15, 0.2) is 61.1 Å². The Labute approximate surface area is 451 Å². The van der Waals surface area contributed by atoms with Crippen molar-refractivity contribution in [2.45, 2.75) is 65.5 Å². The fourth-order valence-corrected chi connectivity index (χ4v) is 11.0. The molecule has 0 amide bonds. The van der Waals surface area contributed by atoms with Crippen LogP contribution >= 0.6 is 34.5 Å². The second-order valence-electron chi connectivity index (χ2n) is 20.1. The number of piperazine rings is 1. The third-order valence-corrected chi connectivity index (χ3v) is 15.3. The number of hydrogen-bond acceptors (Lipinski definition) is 17. The Bertz CT molecular complexity index is 2920. The van der Waals surface area contributed by atoms with Gasteiger partial charge in [0.05, 0.1) is 54.2 Å². The van der Waals surface area contributed by atoms with E-state index in [1.807, 2.05) is 38.1 Å². The molecule has 2 fully saturated rings. The van der Waals surface area contributed by atoms with Crippen LogP contribution in [0.25, 0.3) is 31.8 Å². The largest absolute Gasteiger partial charge is 0.490 e. The molecule has 0 N–H and O–H groups in total. The lowest BCUT2D eigenvalue weighted by Gasteiger charge is -2.39. The number of carbonyl (C=O) groups is 1. The first-order valence-electron chi connectivity index (χ1n) is 25.2. The van der Waals surface area contributed by atoms with Crippen molar-refractivity contribution in [3.63, 3.8) is 0 Å². The predicted octanol–water partition coefficient (Wildman–Crippen LogP) is 9.29. The molecule has 4 aliphatic heterocycles. The van der Waals surface area contributed by atoms with E-state index in [0.717, 1.165) is 49.7 Å². The number of thiophene rings is 1. The van der Waals surface area contributed by atoms with Gasteiger partial charge in [-0.25, -0.2) is 29.1 Å². The van der Waals surface area contributed by atoms with Crippen LogP contribution in [0.3, 0.4) is 0 Å². The van der Waals surface area contributed by atoms with Crippen molar-refractivity contribution >= 4 is 56.7 Å². The molecule has 75 heavy (non-hydrogen) atoms. The van der Waals surface area contributed by atoms with Gasteiger partial charge in [0.1, 0.15) is 53.4 Å². The zero-order valence-corrected chi connectivity index (χ0v) is 45.8. The minimum absolute atomic E-state index is 0.0198. The van der Waals surface area contributed by atoms with Crippen molar-refractivity contribution in [2.75, 3.05) is 105 Å². The molecule has 0 aliphatic carbocycles. The van der Waals surface area contributed by atoms with E-state index >= 15 is 0 Å². The molecular weight excluding hydrogens is 1020 g/mol. The molecule has 400 valence electrons. The summed E-state index contributed by atoms with van der Waals surface area (Å²) in [5, 5.41) is 1.15. The van der Waals surface area contributed by atoms with E-state index in [-0.39, 0.29) is 31.3 Å². The number of carbonyl (C=O) groups excluding carboxylic acids is 1. The van der Waals surface area contributed by atoms with Gasteiger partial charge >= 0.3 is 5.97 Å². The summed E-state index contributed by atoms with van der Waals surface area (Å²) >= 11 is 16.2. The molecule has 16 nitrogen and oxygen atoms in total. The number of benzene rings is 3. The van der Waals surface area contributed by atoms with E-state index in [1.165, 1.54) is 29.8 Å². The van der Waals surface area contributed by atoms with Crippen LogP contribution in [0, 0.1) is 25.6 Å². The van der Waals surface area contributed by atoms with E-state index in [0.29, 0.717) is 122 Å². The highest BCUT2D eigenvalue weighted by atomic mass is 35.5. The Morgan fingerprint density at radius 2 is 1.63 bits per heavy atom. The molecule has 0 spiro atoms. The number of ether oxygens (including phenoxy) is 8. The van der Waals surface area contributed by atoms with E-state index in [2.05, 4.69) is 26.7 Å². The molecule has 0 saturated carbocycles. The fraction of sp³-hybridized carbons (Fsp3) is 0.473. The molecule has 2 atom stereocenters. The summed E-state index contributed by atoms with van der Waals surface area (Å²) in [5.41, 5.74) is 3.81. The zero-order valence-electron chi connectivity index (χ0n) is 43.5. The van der Waals surface area contributed by atoms with E-state index in [4.69, 9.17) is 76.0 Å². The van der Waals surface area contributed by atoms with Gasteiger partial charge in [-0.05, 0) is 100 Å². The van der Waals surface area contributed by atoms with Crippen LogP contribution < -0.4 is 23.8 Å². The molecule has 0 unspecified atom stereocenters. The maximum Gasteiger partial charge on any atom is 0.348 e. The van der Waals surface area contributed by atoms with Crippen molar-refractivity contribution < 1.29 is 47.1 Å². The molecular formula is C55H64Cl2FN7O9S. The lowest BCUT2D eigenvalue weighted by atomic mass is 9.92. The molecule has 7 heterocycles. The van der Waals surface area contributed by atoms with E-state index in [1.54, 1.807) is 46.2 Å². The number of halogens is 3. The number of nitrogens with zero attached hydrogens (tertiary/aromatic N) is 7. The molecule has 4 bridgehead atoms. The summed E-state index contributed by atoms with van der Waals surface area (Å²) in [5.74, 6) is 1.37. The van der Waals surface area contributed by atoms with Gasteiger partial charge in [0.15, 0.2) is 5.75 Å². The third-order valence-electron chi connectivity index (χ3n) is 13.2. The minimum atomic E-state index is -1.26. The lowest BCUT2D eigenvalue weighted by molar-refractivity contribution is -0.163. The summed E-state index contributed by atoms with van der Waals surface area (Å²) < 4.78 is 64.0. The van der Waals surface area contributed by atoms with Gasteiger partial charge in [0.25, 0.3) is 0 Å². The minimum Gasteiger partial charge on any atom is -0.490 e. The number of aromatic nitrogens is 4. The second kappa shape index (κ2) is 24.3. The van der Waals surface area contributed by atoms with Crippen LogP contribution in [-0.2, 0) is 36.8 Å². The van der Waals surface area contributed by atoms with E-state index in [9.17, 15) is 9.18 Å². The predicted molar refractivity (Wildman–Crippen MR) is 288 cm³/mol. The van der Waals surface area contributed by atoms with Gasteiger partial charge in [0, 0.05) is 87.5 Å². The second-order valence-corrected chi connectivity index (χ2v) is 21.9. The number of methoxy groups -OCH3 is 1. The Balaban J connectivity index is 1.08. The number of anilines is 1. The van der Waals surface area contributed by atoms with Crippen LogP contribution in [0.1, 0.15) is 43.2 Å². The number of fused-ring (bicyclic) bond motifs is 7. The van der Waals surface area contributed by atoms with Crippen molar-refractivity contribution in [3.8, 4) is 44.7 Å². The van der Waals surface area contributed by atoms with Gasteiger partial charge in [-0.1, -0.05) is 35.3 Å². The Morgan fingerprint density at radius 3 is 2.36 bits per heavy atom. The average molecular weight is 1090 g/mol. The molecule has 6 aromatic rings. The topological polar surface area (TPSA) is 152 Å². The monoisotopic (exact) mass is 1090 g/mol. The summed E-state index contributed by atoms with van der Waals surface area (Å²) in [6, 6.07) is 13.6. The van der Waals surface area contributed by atoms with Crippen LogP contribution in [0.4, 0.5) is 10.3 Å². The third kappa shape index (κ3) is 13.2. The fourth-order valence-electron chi connectivity index (χ4n) is 9.29. The highest BCUT2D eigenvalue weighted by Gasteiger charge is 2.34. The molecule has 3 aromatic carbocycles. The SMILES string of the molecule is COCCOCCOCC1CN(c2nccc(COc3ccc4cc3C[C@H](C(=O)OC(C)(C)C)Oc3ncnc5sc(-c6ccc(F)cc6)c(c35)-c3c(C)c(Cl)c(c(Cl)c3C)O[C@H](CN3CCN(C)CC3)CO4)n2)C1. The quantitative estimate of drug-likeness (QED) is 0.0668. The highest BCUT2D eigenvalue weighted by molar-refractivity contribution is 7.22. The number of rotatable bonds is 16. The maximum atomic E-state index is 14.6. The highest BCUT2D eigenvalue weighted by Crippen LogP contribution is 2.53. The Kier molecular flexibility index (Phi) is 17.6. The molecule has 3 aromatic heterocycles. The van der Waals surface area contributed by atoms with Crippen LogP contribution in [0.5, 0.6) is 23.1 Å². The Morgan fingerprint density at radius 1 is 0.893 bits per heavy atom. The number of likely N-dealkylation sites (N-methyl/N-ethyl adjacent to an activating group) is 1. The lowest BCUT2D eigenvalue weighted by Crippen LogP contribution is -2.49. The number of esters is 1.